The van der Waals surface area contributed by atoms with Gasteiger partial charge in [-0.2, -0.15) is 0 Å². The molecule has 8 aromatic carbocycles. The quantitative estimate of drug-likeness (QED) is 0.178. The van der Waals surface area contributed by atoms with E-state index in [1.54, 1.807) is 0 Å². The SMILES string of the molecule is c1ccc(-n2c(-c3ccc(-n4c5ccccc5c5cc(-c6ccc7c(c6)c6ccccc6n7-c6ccccc6)ccc54)cc3)nc3ccccc32)cc1. The second-order valence-corrected chi connectivity index (χ2v) is 13.6. The predicted molar refractivity (Wildman–Crippen MR) is 221 cm³/mol. The Morgan fingerprint density at radius 1 is 0.283 bits per heavy atom. The van der Waals surface area contributed by atoms with Crippen molar-refractivity contribution < 1.29 is 0 Å². The van der Waals surface area contributed by atoms with Crippen LogP contribution in [0.3, 0.4) is 0 Å². The molecule has 4 nitrogen and oxygen atoms in total. The lowest BCUT2D eigenvalue weighted by atomic mass is 10.0. The van der Waals surface area contributed by atoms with Crippen LogP contribution >= 0.6 is 0 Å². The van der Waals surface area contributed by atoms with Gasteiger partial charge in [0.1, 0.15) is 5.82 Å². The Morgan fingerprint density at radius 2 is 0.698 bits per heavy atom. The van der Waals surface area contributed by atoms with Gasteiger partial charge in [0.15, 0.2) is 0 Å². The molecule has 11 rings (SSSR count). The monoisotopic (exact) mass is 676 g/mol. The fraction of sp³-hybridized carbons (Fsp3) is 0. The summed E-state index contributed by atoms with van der Waals surface area (Å²) in [6.07, 6.45) is 0. The molecule has 3 aromatic heterocycles. The van der Waals surface area contributed by atoms with Crippen LogP contribution in [0.5, 0.6) is 0 Å². The highest BCUT2D eigenvalue weighted by Crippen LogP contribution is 2.39. The molecule has 0 fully saturated rings. The molecule has 0 saturated carbocycles. The number of aromatic nitrogens is 4. The fourth-order valence-electron chi connectivity index (χ4n) is 8.26. The van der Waals surface area contributed by atoms with Gasteiger partial charge >= 0.3 is 0 Å². The van der Waals surface area contributed by atoms with Gasteiger partial charge in [0.05, 0.1) is 33.1 Å². The summed E-state index contributed by atoms with van der Waals surface area (Å²) >= 11 is 0. The molecule has 3 heterocycles. The zero-order valence-corrected chi connectivity index (χ0v) is 28.8. The Labute approximate surface area is 306 Å². The van der Waals surface area contributed by atoms with Crippen molar-refractivity contribution in [2.75, 3.05) is 0 Å². The molecule has 0 saturated heterocycles. The summed E-state index contributed by atoms with van der Waals surface area (Å²) in [5, 5.41) is 4.99. The Balaban J connectivity index is 1.03. The Kier molecular flexibility index (Phi) is 6.52. The lowest BCUT2D eigenvalue weighted by molar-refractivity contribution is 1.10. The van der Waals surface area contributed by atoms with Crippen molar-refractivity contribution in [3.63, 3.8) is 0 Å². The highest BCUT2D eigenvalue weighted by Gasteiger charge is 2.18. The highest BCUT2D eigenvalue weighted by atomic mass is 15.1. The molecule has 0 atom stereocenters. The van der Waals surface area contributed by atoms with Crippen LogP contribution in [-0.2, 0) is 0 Å². The largest absolute Gasteiger partial charge is 0.309 e. The molecule has 53 heavy (non-hydrogen) atoms. The number of hydrogen-bond donors (Lipinski definition) is 0. The van der Waals surface area contributed by atoms with Crippen molar-refractivity contribution in [2.45, 2.75) is 0 Å². The van der Waals surface area contributed by atoms with E-state index < -0.39 is 0 Å². The first-order valence-electron chi connectivity index (χ1n) is 18.1. The minimum absolute atomic E-state index is 0.930. The van der Waals surface area contributed by atoms with E-state index in [-0.39, 0.29) is 0 Å². The normalized spacial score (nSPS) is 11.8. The van der Waals surface area contributed by atoms with Gasteiger partial charge in [0, 0.05) is 44.2 Å². The molecule has 248 valence electrons. The Bertz CT molecular complexity index is 3150. The van der Waals surface area contributed by atoms with Gasteiger partial charge < -0.3 is 9.13 Å². The molecule has 0 aliphatic rings. The van der Waals surface area contributed by atoms with E-state index in [0.29, 0.717) is 0 Å². The van der Waals surface area contributed by atoms with Crippen LogP contribution in [-0.4, -0.2) is 18.7 Å². The van der Waals surface area contributed by atoms with Gasteiger partial charge in [0.2, 0.25) is 0 Å². The topological polar surface area (TPSA) is 27.7 Å². The number of para-hydroxylation sites is 6. The Morgan fingerprint density at radius 3 is 1.26 bits per heavy atom. The average Bonchev–Trinajstić information content (AvgIpc) is 3.89. The first-order valence-corrected chi connectivity index (χ1v) is 18.1. The smallest absolute Gasteiger partial charge is 0.145 e. The number of benzene rings is 8. The van der Waals surface area contributed by atoms with Gasteiger partial charge in [-0.05, 0) is 108 Å². The van der Waals surface area contributed by atoms with Crippen molar-refractivity contribution in [3.8, 4) is 39.6 Å². The van der Waals surface area contributed by atoms with Crippen LogP contribution in [0.2, 0.25) is 0 Å². The van der Waals surface area contributed by atoms with E-state index in [9.17, 15) is 0 Å². The summed E-state index contributed by atoms with van der Waals surface area (Å²) in [6, 6.07) is 69.6. The van der Waals surface area contributed by atoms with Crippen LogP contribution in [0, 0.1) is 0 Å². The lowest BCUT2D eigenvalue weighted by Gasteiger charge is -2.12. The molecule has 0 spiro atoms. The summed E-state index contributed by atoms with van der Waals surface area (Å²) in [5.41, 5.74) is 13.7. The van der Waals surface area contributed by atoms with Crippen LogP contribution in [0.25, 0.3) is 94.2 Å². The van der Waals surface area contributed by atoms with Crippen molar-refractivity contribution in [2.24, 2.45) is 0 Å². The third-order valence-corrected chi connectivity index (χ3v) is 10.7. The average molecular weight is 677 g/mol. The van der Waals surface area contributed by atoms with Gasteiger partial charge in [-0.3, -0.25) is 4.57 Å². The molecule has 0 aliphatic heterocycles. The molecule has 0 aliphatic carbocycles. The van der Waals surface area contributed by atoms with E-state index in [4.69, 9.17) is 4.98 Å². The zero-order valence-electron chi connectivity index (χ0n) is 28.8. The molecule has 0 N–H and O–H groups in total. The minimum atomic E-state index is 0.930. The highest BCUT2D eigenvalue weighted by molar-refractivity contribution is 6.12. The molecular formula is C49H32N4. The van der Waals surface area contributed by atoms with E-state index in [2.05, 4.69) is 202 Å². The van der Waals surface area contributed by atoms with E-state index in [1.807, 2.05) is 6.07 Å². The van der Waals surface area contributed by atoms with Crippen molar-refractivity contribution >= 4 is 54.6 Å². The summed E-state index contributed by atoms with van der Waals surface area (Å²) in [6.45, 7) is 0. The molecule has 11 aromatic rings. The van der Waals surface area contributed by atoms with E-state index in [0.717, 1.165) is 33.8 Å². The Hall–Kier alpha value is -7.17. The third-order valence-electron chi connectivity index (χ3n) is 10.7. The van der Waals surface area contributed by atoms with Crippen LogP contribution in [0.1, 0.15) is 0 Å². The molecule has 0 unspecified atom stereocenters. The number of hydrogen-bond acceptors (Lipinski definition) is 1. The summed E-state index contributed by atoms with van der Waals surface area (Å²) in [5.74, 6) is 0.930. The van der Waals surface area contributed by atoms with E-state index in [1.165, 1.54) is 60.4 Å². The number of imidazole rings is 1. The molecule has 4 heteroatoms. The van der Waals surface area contributed by atoms with Gasteiger partial charge in [0.25, 0.3) is 0 Å². The zero-order chi connectivity index (χ0) is 34.9. The fourth-order valence-corrected chi connectivity index (χ4v) is 8.26. The van der Waals surface area contributed by atoms with Crippen molar-refractivity contribution in [3.05, 3.63) is 194 Å². The molecular weight excluding hydrogens is 645 g/mol. The van der Waals surface area contributed by atoms with Gasteiger partial charge in [-0.1, -0.05) is 97.1 Å². The maximum absolute atomic E-state index is 5.10. The number of nitrogens with zero attached hydrogens (tertiary/aromatic N) is 4. The molecule has 0 radical (unpaired) electrons. The van der Waals surface area contributed by atoms with Crippen molar-refractivity contribution in [1.82, 2.24) is 18.7 Å². The second kappa shape index (κ2) is 11.7. The molecule has 0 amide bonds. The number of rotatable bonds is 5. The first kappa shape index (κ1) is 29.5. The second-order valence-electron chi connectivity index (χ2n) is 13.6. The maximum Gasteiger partial charge on any atom is 0.145 e. The first-order chi connectivity index (χ1) is 26.3. The van der Waals surface area contributed by atoms with Crippen molar-refractivity contribution in [1.29, 1.82) is 0 Å². The summed E-state index contributed by atoms with van der Waals surface area (Å²) < 4.78 is 7.01. The maximum atomic E-state index is 5.10. The lowest BCUT2D eigenvalue weighted by Crippen LogP contribution is -1.98. The van der Waals surface area contributed by atoms with Crippen LogP contribution < -0.4 is 0 Å². The van der Waals surface area contributed by atoms with Gasteiger partial charge in [-0.15, -0.1) is 0 Å². The number of fused-ring (bicyclic) bond motifs is 7. The third kappa shape index (κ3) is 4.59. The summed E-state index contributed by atoms with van der Waals surface area (Å²) in [4.78, 5) is 5.10. The minimum Gasteiger partial charge on any atom is -0.309 e. The van der Waals surface area contributed by atoms with E-state index >= 15 is 0 Å². The van der Waals surface area contributed by atoms with Crippen LogP contribution in [0.4, 0.5) is 0 Å². The van der Waals surface area contributed by atoms with Crippen LogP contribution in [0.15, 0.2) is 194 Å². The van der Waals surface area contributed by atoms with Gasteiger partial charge in [-0.25, -0.2) is 4.98 Å². The predicted octanol–water partition coefficient (Wildman–Crippen LogP) is 12.6. The standard InChI is InChI=1S/C49H32N4/c1-3-13-36(14-4-1)51-44-20-10-7-17-39(44)41-31-34(25-29-46(41)51)35-26-30-47-42(32-35)40-18-8-11-21-45(40)52(47)38-27-23-33(24-28-38)49-50-43-19-9-12-22-48(43)53(49)37-15-5-2-6-16-37/h1-32H. The summed E-state index contributed by atoms with van der Waals surface area (Å²) in [7, 11) is 0. The molecule has 0 bridgehead atoms.